The monoisotopic (exact) mass is 871 g/mol. The molecule has 0 aromatic heterocycles. The fraction of sp³-hybridized carbons (Fsp3) is 0.839. The van der Waals surface area contributed by atoms with Crippen molar-refractivity contribution in [3.63, 3.8) is 0 Å². The lowest BCUT2D eigenvalue weighted by atomic mass is 10.0. The molecule has 0 aliphatic carbocycles. The molecule has 0 fully saturated rings. The van der Waals surface area contributed by atoms with Gasteiger partial charge in [0.25, 0.3) is 0 Å². The molecule has 0 spiro atoms. The fourth-order valence-corrected chi connectivity index (χ4v) is 7.76. The quantitative estimate of drug-likeness (QED) is 0.0262. The van der Waals surface area contributed by atoms with Crippen LogP contribution in [-0.2, 0) is 28.6 Å². The van der Waals surface area contributed by atoms with Gasteiger partial charge in [-0.25, -0.2) is 0 Å². The van der Waals surface area contributed by atoms with Crippen molar-refractivity contribution >= 4 is 17.9 Å². The van der Waals surface area contributed by atoms with E-state index in [1.165, 1.54) is 167 Å². The van der Waals surface area contributed by atoms with Gasteiger partial charge in [-0.1, -0.05) is 224 Å². The second-order valence-electron chi connectivity index (χ2n) is 18.1. The Morgan fingerprint density at radius 1 is 0.323 bits per heavy atom. The highest BCUT2D eigenvalue weighted by Crippen LogP contribution is 2.16. The number of ether oxygens (including phenoxy) is 3. The van der Waals surface area contributed by atoms with Gasteiger partial charge in [0.05, 0.1) is 0 Å². The van der Waals surface area contributed by atoms with Crippen LogP contribution in [0.15, 0.2) is 36.5 Å². The summed E-state index contributed by atoms with van der Waals surface area (Å²) in [5, 5.41) is 0. The molecule has 1 unspecified atom stereocenters. The van der Waals surface area contributed by atoms with Crippen LogP contribution < -0.4 is 0 Å². The van der Waals surface area contributed by atoms with E-state index < -0.39 is 6.10 Å². The Bertz CT molecular complexity index is 1050. The lowest BCUT2D eigenvalue weighted by molar-refractivity contribution is -0.167. The summed E-state index contributed by atoms with van der Waals surface area (Å²) in [5.41, 5.74) is 0. The molecule has 1 atom stereocenters. The molecule has 362 valence electrons. The van der Waals surface area contributed by atoms with E-state index in [1.54, 1.807) is 0 Å². The fourth-order valence-electron chi connectivity index (χ4n) is 7.76. The summed E-state index contributed by atoms with van der Waals surface area (Å²) < 4.78 is 16.8. The molecule has 6 heteroatoms. The average molecular weight is 871 g/mol. The van der Waals surface area contributed by atoms with E-state index in [1.807, 2.05) is 0 Å². The number of esters is 3. The maximum absolute atomic E-state index is 12.8. The van der Waals surface area contributed by atoms with Gasteiger partial charge in [-0.3, -0.25) is 14.4 Å². The number of allylic oxidation sites excluding steroid dienone is 6. The van der Waals surface area contributed by atoms with Crippen LogP contribution in [0, 0.1) is 0 Å². The van der Waals surface area contributed by atoms with Gasteiger partial charge in [-0.15, -0.1) is 0 Å². The van der Waals surface area contributed by atoms with Crippen molar-refractivity contribution in [1.82, 2.24) is 0 Å². The highest BCUT2D eigenvalue weighted by atomic mass is 16.6. The predicted octanol–water partition coefficient (Wildman–Crippen LogP) is 17.7. The van der Waals surface area contributed by atoms with Gasteiger partial charge in [-0.2, -0.15) is 0 Å². The second-order valence-corrected chi connectivity index (χ2v) is 18.1. The number of rotatable bonds is 49. The van der Waals surface area contributed by atoms with E-state index in [9.17, 15) is 14.4 Å². The molecule has 0 heterocycles. The molecule has 0 N–H and O–H groups in total. The van der Waals surface area contributed by atoms with Crippen LogP contribution in [0.4, 0.5) is 0 Å². The Balaban J connectivity index is 4.36. The normalized spacial score (nSPS) is 12.2. The van der Waals surface area contributed by atoms with Gasteiger partial charge in [0.2, 0.25) is 0 Å². The largest absolute Gasteiger partial charge is 0.462 e. The third-order valence-corrected chi connectivity index (χ3v) is 11.9. The standard InChI is InChI=1S/C56H102O6/c1-4-7-10-13-16-19-22-25-27-28-29-32-34-37-40-43-46-49-55(58)61-52-53(51-60-54(57)48-45-42-39-36-33-30-24-21-18-15-12-9-6-3)62-56(59)50-47-44-41-38-35-31-26-23-20-17-14-11-8-5-2/h16,19,21,24-25,27,53H,4-15,17-18,20,22-23,26,28-52H2,1-3H3/b19-16-,24-21-,27-25-. The van der Waals surface area contributed by atoms with Gasteiger partial charge < -0.3 is 14.2 Å². The maximum Gasteiger partial charge on any atom is 0.306 e. The van der Waals surface area contributed by atoms with Gasteiger partial charge >= 0.3 is 17.9 Å². The lowest BCUT2D eigenvalue weighted by Gasteiger charge is -2.18. The van der Waals surface area contributed by atoms with Crippen molar-refractivity contribution in [2.24, 2.45) is 0 Å². The average Bonchev–Trinajstić information content (AvgIpc) is 3.27. The zero-order chi connectivity index (χ0) is 45.1. The number of carbonyl (C=O) groups excluding carboxylic acids is 3. The van der Waals surface area contributed by atoms with Gasteiger partial charge in [0, 0.05) is 19.3 Å². The Morgan fingerprint density at radius 3 is 0.952 bits per heavy atom. The summed E-state index contributed by atoms with van der Waals surface area (Å²) in [6.07, 6.45) is 59.8. The topological polar surface area (TPSA) is 78.9 Å². The van der Waals surface area contributed by atoms with E-state index in [4.69, 9.17) is 14.2 Å². The van der Waals surface area contributed by atoms with E-state index in [-0.39, 0.29) is 31.1 Å². The van der Waals surface area contributed by atoms with Crippen molar-refractivity contribution in [2.45, 2.75) is 290 Å². The van der Waals surface area contributed by atoms with Gasteiger partial charge in [0.15, 0.2) is 6.10 Å². The van der Waals surface area contributed by atoms with E-state index >= 15 is 0 Å². The van der Waals surface area contributed by atoms with Crippen molar-refractivity contribution in [2.75, 3.05) is 13.2 Å². The Hall–Kier alpha value is -2.37. The lowest BCUT2D eigenvalue weighted by Crippen LogP contribution is -2.30. The Labute approximate surface area is 385 Å². The molecule has 0 aliphatic rings. The van der Waals surface area contributed by atoms with Gasteiger partial charge in [-0.05, 0) is 77.0 Å². The van der Waals surface area contributed by atoms with Crippen LogP contribution >= 0.6 is 0 Å². The number of carbonyl (C=O) groups is 3. The molecule has 0 rings (SSSR count). The zero-order valence-electron chi connectivity index (χ0n) is 41.4. The summed E-state index contributed by atoms with van der Waals surface area (Å²) in [6, 6.07) is 0. The smallest absolute Gasteiger partial charge is 0.306 e. The minimum atomic E-state index is -0.774. The van der Waals surface area contributed by atoms with E-state index in [0.717, 1.165) is 77.0 Å². The van der Waals surface area contributed by atoms with Crippen LogP contribution in [0.5, 0.6) is 0 Å². The highest BCUT2D eigenvalue weighted by molar-refractivity contribution is 5.71. The zero-order valence-corrected chi connectivity index (χ0v) is 41.4. The first-order valence-electron chi connectivity index (χ1n) is 27.0. The molecular weight excluding hydrogens is 769 g/mol. The van der Waals surface area contributed by atoms with Gasteiger partial charge in [0.1, 0.15) is 13.2 Å². The summed E-state index contributed by atoms with van der Waals surface area (Å²) >= 11 is 0. The first-order valence-corrected chi connectivity index (χ1v) is 27.0. The summed E-state index contributed by atoms with van der Waals surface area (Å²) in [4.78, 5) is 38.0. The predicted molar refractivity (Wildman–Crippen MR) is 266 cm³/mol. The number of unbranched alkanes of at least 4 members (excludes halogenated alkanes) is 32. The van der Waals surface area contributed by atoms with Crippen LogP contribution in [0.1, 0.15) is 284 Å². The molecule has 0 aromatic carbocycles. The Kier molecular flexibility index (Phi) is 49.3. The third kappa shape index (κ3) is 48.7. The SMILES string of the molecule is CCCCC/C=C\C/C=C\CCCCCCCCCC(=O)OCC(COC(=O)CCCCCCC/C=C\CCCCCC)OC(=O)CCCCCCCCCCCCCCCC. The first-order chi connectivity index (χ1) is 30.5. The molecule has 0 radical (unpaired) electrons. The Morgan fingerprint density at radius 2 is 0.581 bits per heavy atom. The third-order valence-electron chi connectivity index (χ3n) is 11.9. The van der Waals surface area contributed by atoms with Crippen molar-refractivity contribution < 1.29 is 28.6 Å². The molecular formula is C56H102O6. The van der Waals surface area contributed by atoms with E-state index in [0.29, 0.717) is 19.3 Å². The van der Waals surface area contributed by atoms with Crippen LogP contribution in [0.3, 0.4) is 0 Å². The van der Waals surface area contributed by atoms with Crippen molar-refractivity contribution in [3.05, 3.63) is 36.5 Å². The molecule has 0 saturated carbocycles. The molecule has 0 bridgehead atoms. The minimum absolute atomic E-state index is 0.0759. The number of hydrogen-bond acceptors (Lipinski definition) is 6. The van der Waals surface area contributed by atoms with Crippen LogP contribution in [0.25, 0.3) is 0 Å². The summed E-state index contributed by atoms with van der Waals surface area (Å²) in [6.45, 7) is 6.61. The molecule has 6 nitrogen and oxygen atoms in total. The molecule has 0 aliphatic heterocycles. The van der Waals surface area contributed by atoms with E-state index in [2.05, 4.69) is 57.2 Å². The maximum atomic E-state index is 12.8. The summed E-state index contributed by atoms with van der Waals surface area (Å²) in [7, 11) is 0. The molecule has 0 amide bonds. The van der Waals surface area contributed by atoms with Crippen molar-refractivity contribution in [3.8, 4) is 0 Å². The van der Waals surface area contributed by atoms with Crippen LogP contribution in [0.2, 0.25) is 0 Å². The van der Waals surface area contributed by atoms with Crippen LogP contribution in [-0.4, -0.2) is 37.2 Å². The van der Waals surface area contributed by atoms with Crippen molar-refractivity contribution in [1.29, 1.82) is 0 Å². The number of hydrogen-bond donors (Lipinski definition) is 0. The second kappa shape index (κ2) is 51.3. The molecule has 62 heavy (non-hydrogen) atoms. The summed E-state index contributed by atoms with van der Waals surface area (Å²) in [5.74, 6) is -0.879. The molecule has 0 saturated heterocycles. The molecule has 0 aromatic rings. The highest BCUT2D eigenvalue weighted by Gasteiger charge is 2.19. The minimum Gasteiger partial charge on any atom is -0.462 e. The first kappa shape index (κ1) is 59.6.